The topological polar surface area (TPSA) is 68.7 Å². The van der Waals surface area contributed by atoms with Crippen molar-refractivity contribution >= 4 is 28.5 Å². The van der Waals surface area contributed by atoms with E-state index in [1.54, 1.807) is 12.3 Å². The van der Waals surface area contributed by atoms with Gasteiger partial charge >= 0.3 is 0 Å². The van der Waals surface area contributed by atoms with Gasteiger partial charge in [-0.2, -0.15) is 5.26 Å². The predicted octanol–water partition coefficient (Wildman–Crippen LogP) is 1.26. The average molecular weight is 289 g/mol. The van der Waals surface area contributed by atoms with E-state index in [1.165, 1.54) is 0 Å². The highest BCUT2D eigenvalue weighted by Gasteiger charge is 2.05. The first-order valence-corrected chi connectivity index (χ1v) is 4.81. The third kappa shape index (κ3) is 3.06. The molecule has 13 heavy (non-hydrogen) atoms. The highest BCUT2D eigenvalue weighted by atomic mass is 127. The monoisotopic (exact) mass is 289 g/mol. The molecule has 2 N–H and O–H groups in total. The molecule has 4 nitrogen and oxygen atoms in total. The minimum Gasteiger partial charge on any atom is -0.356 e. The van der Waals surface area contributed by atoms with E-state index >= 15 is 0 Å². The van der Waals surface area contributed by atoms with Crippen LogP contribution in [-0.2, 0) is 0 Å². The highest BCUT2D eigenvalue weighted by Crippen LogP contribution is 2.05. The molecule has 0 atom stereocenters. The quantitative estimate of drug-likeness (QED) is 0.650. The number of H-pyrrole nitrogens is 1. The maximum Gasteiger partial charge on any atom is 0.267 e. The summed E-state index contributed by atoms with van der Waals surface area (Å²) >= 11 is 2.12. The van der Waals surface area contributed by atoms with Gasteiger partial charge in [-0.05, 0) is 28.7 Å². The van der Waals surface area contributed by atoms with Gasteiger partial charge in [-0.15, -0.1) is 0 Å². The third-order valence-corrected chi connectivity index (χ3v) is 2.04. The van der Waals surface area contributed by atoms with Gasteiger partial charge in [0.25, 0.3) is 5.91 Å². The molecule has 0 fully saturated rings. The summed E-state index contributed by atoms with van der Waals surface area (Å²) in [4.78, 5) is 14.1. The number of hydrogen-bond donors (Lipinski definition) is 2. The van der Waals surface area contributed by atoms with Crippen LogP contribution in [-0.4, -0.2) is 17.4 Å². The molecule has 0 aliphatic carbocycles. The van der Waals surface area contributed by atoms with Crippen LogP contribution in [0.1, 0.15) is 16.9 Å². The molecule has 0 saturated heterocycles. The number of nitriles is 1. The van der Waals surface area contributed by atoms with E-state index in [1.807, 2.05) is 6.07 Å². The maximum atomic E-state index is 11.3. The van der Waals surface area contributed by atoms with Crippen molar-refractivity contribution < 1.29 is 4.79 Å². The fraction of sp³-hybridized carbons (Fsp3) is 0.250. The molecular formula is C8H8IN3O. The van der Waals surface area contributed by atoms with Crippen molar-refractivity contribution in [1.82, 2.24) is 10.3 Å². The van der Waals surface area contributed by atoms with Crippen LogP contribution in [0.2, 0.25) is 0 Å². The Morgan fingerprint density at radius 3 is 3.08 bits per heavy atom. The van der Waals surface area contributed by atoms with E-state index in [9.17, 15) is 4.79 Å². The molecule has 0 saturated carbocycles. The Kier molecular flexibility index (Phi) is 3.76. The average Bonchev–Trinajstić information content (AvgIpc) is 2.52. The van der Waals surface area contributed by atoms with Crippen molar-refractivity contribution in [2.75, 3.05) is 6.54 Å². The van der Waals surface area contributed by atoms with Crippen LogP contribution < -0.4 is 5.32 Å². The lowest BCUT2D eigenvalue weighted by atomic mass is 10.4. The number of hydrogen-bond acceptors (Lipinski definition) is 2. The Labute approximate surface area is 89.5 Å². The molecule has 1 amide bonds. The zero-order chi connectivity index (χ0) is 9.68. The number of nitrogens with one attached hydrogen (secondary N) is 2. The Morgan fingerprint density at radius 2 is 2.54 bits per heavy atom. The molecule has 5 heteroatoms. The van der Waals surface area contributed by atoms with Crippen LogP contribution in [0.15, 0.2) is 12.3 Å². The molecule has 0 spiro atoms. The summed E-state index contributed by atoms with van der Waals surface area (Å²) in [6.45, 7) is 0.394. The van der Waals surface area contributed by atoms with Crippen molar-refractivity contribution in [1.29, 1.82) is 5.26 Å². The number of aromatic amines is 1. The Balaban J connectivity index is 2.45. The summed E-state index contributed by atoms with van der Waals surface area (Å²) < 4.78 is 0.989. The normalized spacial score (nSPS) is 9.23. The van der Waals surface area contributed by atoms with Crippen molar-refractivity contribution in [3.05, 3.63) is 21.5 Å². The first-order chi connectivity index (χ1) is 6.24. The van der Waals surface area contributed by atoms with Gasteiger partial charge in [0.1, 0.15) is 5.69 Å². The third-order valence-electron chi connectivity index (χ3n) is 1.41. The van der Waals surface area contributed by atoms with Crippen LogP contribution in [0.5, 0.6) is 0 Å². The number of amides is 1. The summed E-state index contributed by atoms with van der Waals surface area (Å²) in [6, 6.07) is 3.71. The van der Waals surface area contributed by atoms with Crippen LogP contribution in [0, 0.1) is 14.9 Å². The van der Waals surface area contributed by atoms with Crippen molar-refractivity contribution in [2.24, 2.45) is 0 Å². The minimum atomic E-state index is -0.168. The van der Waals surface area contributed by atoms with Gasteiger partial charge in [-0.3, -0.25) is 4.79 Å². The van der Waals surface area contributed by atoms with Gasteiger partial charge in [-0.1, -0.05) is 0 Å². The summed E-state index contributed by atoms with van der Waals surface area (Å²) in [5, 5.41) is 10.9. The number of carbonyl (C=O) groups excluding carboxylic acids is 1. The minimum absolute atomic E-state index is 0.168. The summed E-state index contributed by atoms with van der Waals surface area (Å²) in [7, 11) is 0. The van der Waals surface area contributed by atoms with Crippen LogP contribution >= 0.6 is 22.6 Å². The molecule has 1 aromatic rings. The Morgan fingerprint density at radius 1 is 1.77 bits per heavy atom. The largest absolute Gasteiger partial charge is 0.356 e. The summed E-state index contributed by atoms with van der Waals surface area (Å²) in [5.41, 5.74) is 0.530. The smallest absolute Gasteiger partial charge is 0.267 e. The molecular weight excluding hydrogens is 281 g/mol. The second-order valence-electron chi connectivity index (χ2n) is 2.40. The molecule has 0 aliphatic heterocycles. The number of aromatic nitrogens is 1. The van der Waals surface area contributed by atoms with Crippen molar-refractivity contribution in [3.8, 4) is 6.07 Å². The summed E-state index contributed by atoms with van der Waals surface area (Å²) in [6.07, 6.45) is 2.09. The molecule has 0 radical (unpaired) electrons. The lowest BCUT2D eigenvalue weighted by Gasteiger charge is -1.98. The fourth-order valence-corrected chi connectivity index (χ4v) is 1.29. The Hall–Kier alpha value is -1.03. The molecule has 0 aliphatic rings. The van der Waals surface area contributed by atoms with E-state index in [0.29, 0.717) is 18.7 Å². The molecule has 0 bridgehead atoms. The zero-order valence-corrected chi connectivity index (χ0v) is 8.96. The van der Waals surface area contributed by atoms with E-state index in [2.05, 4.69) is 32.9 Å². The molecule has 1 heterocycles. The zero-order valence-electron chi connectivity index (χ0n) is 6.80. The maximum absolute atomic E-state index is 11.3. The number of rotatable bonds is 3. The Bertz CT molecular complexity index is 339. The fourth-order valence-electron chi connectivity index (χ4n) is 0.826. The van der Waals surface area contributed by atoms with Gasteiger partial charge < -0.3 is 10.3 Å². The van der Waals surface area contributed by atoms with E-state index in [4.69, 9.17) is 5.26 Å². The second kappa shape index (κ2) is 4.87. The number of halogens is 1. The molecule has 0 aromatic carbocycles. The van der Waals surface area contributed by atoms with Crippen LogP contribution in [0.25, 0.3) is 0 Å². The first kappa shape index (κ1) is 10.1. The van der Waals surface area contributed by atoms with E-state index in [-0.39, 0.29) is 5.91 Å². The number of nitrogens with zero attached hydrogens (tertiary/aromatic N) is 1. The lowest BCUT2D eigenvalue weighted by Crippen LogP contribution is -2.24. The van der Waals surface area contributed by atoms with Gasteiger partial charge in [-0.25, -0.2) is 0 Å². The molecule has 0 unspecified atom stereocenters. The van der Waals surface area contributed by atoms with Crippen LogP contribution in [0.4, 0.5) is 0 Å². The lowest BCUT2D eigenvalue weighted by molar-refractivity contribution is 0.0950. The highest BCUT2D eigenvalue weighted by molar-refractivity contribution is 14.1. The van der Waals surface area contributed by atoms with E-state index in [0.717, 1.165) is 3.57 Å². The molecule has 1 aromatic heterocycles. The standard InChI is InChI=1S/C8H8IN3O/c9-6-4-7(12-5-6)8(13)11-3-1-2-10/h4-5,12H,1,3H2,(H,11,13). The van der Waals surface area contributed by atoms with Gasteiger partial charge in [0.2, 0.25) is 0 Å². The first-order valence-electron chi connectivity index (χ1n) is 3.73. The van der Waals surface area contributed by atoms with Crippen LogP contribution in [0.3, 0.4) is 0 Å². The predicted molar refractivity (Wildman–Crippen MR) is 56.1 cm³/mol. The number of carbonyl (C=O) groups is 1. The molecule has 1 rings (SSSR count). The second-order valence-corrected chi connectivity index (χ2v) is 3.64. The SMILES string of the molecule is N#CCCNC(=O)c1cc(I)c[nH]1. The van der Waals surface area contributed by atoms with Gasteiger partial charge in [0.15, 0.2) is 0 Å². The summed E-state index contributed by atoms with van der Waals surface area (Å²) in [5.74, 6) is -0.168. The molecule has 68 valence electrons. The van der Waals surface area contributed by atoms with Crippen molar-refractivity contribution in [3.63, 3.8) is 0 Å². The van der Waals surface area contributed by atoms with Gasteiger partial charge in [0, 0.05) is 16.3 Å². The van der Waals surface area contributed by atoms with E-state index < -0.39 is 0 Å². The van der Waals surface area contributed by atoms with Gasteiger partial charge in [0.05, 0.1) is 12.5 Å². The van der Waals surface area contributed by atoms with Crippen molar-refractivity contribution in [2.45, 2.75) is 6.42 Å².